The standard InChI is InChI=1S/C14H29N3O/c1-13(2,12(15)17-18)7-6-10-16-11-14(3)8-4-5-9-14/h16,18H,4-11H2,1-3H3,(H2,15,17). The highest BCUT2D eigenvalue weighted by molar-refractivity contribution is 5.85. The highest BCUT2D eigenvalue weighted by Crippen LogP contribution is 2.36. The Morgan fingerprint density at radius 1 is 1.39 bits per heavy atom. The van der Waals surface area contributed by atoms with Crippen LogP contribution in [-0.4, -0.2) is 24.1 Å². The molecule has 18 heavy (non-hydrogen) atoms. The number of amidine groups is 1. The van der Waals surface area contributed by atoms with Gasteiger partial charge >= 0.3 is 0 Å². The van der Waals surface area contributed by atoms with E-state index < -0.39 is 0 Å². The van der Waals surface area contributed by atoms with Gasteiger partial charge in [0, 0.05) is 12.0 Å². The van der Waals surface area contributed by atoms with Crippen molar-refractivity contribution in [2.24, 2.45) is 21.7 Å². The molecule has 4 nitrogen and oxygen atoms in total. The van der Waals surface area contributed by atoms with Gasteiger partial charge < -0.3 is 16.3 Å². The van der Waals surface area contributed by atoms with Crippen molar-refractivity contribution in [3.63, 3.8) is 0 Å². The molecule has 4 N–H and O–H groups in total. The molecule has 1 rings (SSSR count). The maximum Gasteiger partial charge on any atom is 0.144 e. The van der Waals surface area contributed by atoms with Crippen LogP contribution in [0.2, 0.25) is 0 Å². The van der Waals surface area contributed by atoms with Gasteiger partial charge in [0.1, 0.15) is 5.84 Å². The molecule has 1 saturated carbocycles. The molecule has 0 saturated heterocycles. The van der Waals surface area contributed by atoms with Gasteiger partial charge in [0.05, 0.1) is 0 Å². The lowest BCUT2D eigenvalue weighted by molar-refractivity contribution is 0.300. The third-order valence-electron chi connectivity index (χ3n) is 4.32. The molecule has 0 aromatic heterocycles. The van der Waals surface area contributed by atoms with Crippen LogP contribution in [0.5, 0.6) is 0 Å². The Balaban J connectivity index is 2.15. The fraction of sp³-hybridized carbons (Fsp3) is 0.929. The average Bonchev–Trinajstić information content (AvgIpc) is 2.74. The van der Waals surface area contributed by atoms with Crippen LogP contribution in [0.3, 0.4) is 0 Å². The summed E-state index contributed by atoms with van der Waals surface area (Å²) in [7, 11) is 0. The first-order chi connectivity index (χ1) is 8.40. The minimum absolute atomic E-state index is 0.215. The Labute approximate surface area is 111 Å². The molecule has 1 fully saturated rings. The first-order valence-electron chi connectivity index (χ1n) is 7.08. The summed E-state index contributed by atoms with van der Waals surface area (Å²) in [5.74, 6) is 0.324. The van der Waals surface area contributed by atoms with Crippen molar-refractivity contribution in [1.82, 2.24) is 5.32 Å². The molecule has 0 unspecified atom stereocenters. The van der Waals surface area contributed by atoms with Gasteiger partial charge in [-0.25, -0.2) is 0 Å². The van der Waals surface area contributed by atoms with Crippen molar-refractivity contribution in [2.75, 3.05) is 13.1 Å². The van der Waals surface area contributed by atoms with Crippen LogP contribution < -0.4 is 11.1 Å². The Bertz CT molecular complexity index is 281. The molecule has 0 heterocycles. The summed E-state index contributed by atoms with van der Waals surface area (Å²) in [5.41, 5.74) is 5.97. The summed E-state index contributed by atoms with van der Waals surface area (Å²) in [6.45, 7) is 8.54. The predicted octanol–water partition coefficient (Wildman–Crippen LogP) is 2.71. The molecule has 106 valence electrons. The SMILES string of the molecule is CC1(CNCCCC(C)(C)C(N)=NO)CCCC1. The normalized spacial score (nSPS) is 20.3. The molecule has 0 spiro atoms. The first-order valence-corrected chi connectivity index (χ1v) is 7.08. The van der Waals surface area contributed by atoms with Crippen LogP contribution in [0.4, 0.5) is 0 Å². The summed E-state index contributed by atoms with van der Waals surface area (Å²) < 4.78 is 0. The average molecular weight is 255 g/mol. The molecule has 0 aromatic carbocycles. The van der Waals surface area contributed by atoms with Gasteiger partial charge in [-0.3, -0.25) is 0 Å². The van der Waals surface area contributed by atoms with Crippen molar-refractivity contribution in [3.8, 4) is 0 Å². The Morgan fingerprint density at radius 3 is 2.56 bits per heavy atom. The molecule has 0 atom stereocenters. The Morgan fingerprint density at radius 2 is 2.00 bits per heavy atom. The largest absolute Gasteiger partial charge is 0.409 e. The van der Waals surface area contributed by atoms with Gasteiger partial charge in [-0.1, -0.05) is 38.8 Å². The monoisotopic (exact) mass is 255 g/mol. The third-order valence-corrected chi connectivity index (χ3v) is 4.32. The van der Waals surface area contributed by atoms with Gasteiger partial charge in [0.15, 0.2) is 0 Å². The first kappa shape index (κ1) is 15.3. The van der Waals surface area contributed by atoms with Crippen molar-refractivity contribution in [1.29, 1.82) is 0 Å². The number of nitrogens with two attached hydrogens (primary N) is 1. The molecule has 1 aliphatic rings. The second kappa shape index (κ2) is 6.41. The van der Waals surface area contributed by atoms with E-state index in [2.05, 4.69) is 17.4 Å². The predicted molar refractivity (Wildman–Crippen MR) is 75.9 cm³/mol. The summed E-state index contributed by atoms with van der Waals surface area (Å²) >= 11 is 0. The van der Waals surface area contributed by atoms with Crippen LogP contribution in [0, 0.1) is 10.8 Å². The van der Waals surface area contributed by atoms with Gasteiger partial charge in [-0.05, 0) is 37.6 Å². The Hall–Kier alpha value is -0.770. The van der Waals surface area contributed by atoms with Crippen LogP contribution in [0.15, 0.2) is 5.16 Å². The molecule has 0 amide bonds. The van der Waals surface area contributed by atoms with E-state index in [1.165, 1.54) is 25.7 Å². The third kappa shape index (κ3) is 4.48. The van der Waals surface area contributed by atoms with Gasteiger partial charge in [-0.2, -0.15) is 0 Å². The minimum Gasteiger partial charge on any atom is -0.409 e. The zero-order valence-corrected chi connectivity index (χ0v) is 12.1. The number of nitrogens with zero attached hydrogens (tertiary/aromatic N) is 1. The molecule has 1 aliphatic carbocycles. The highest BCUT2D eigenvalue weighted by Gasteiger charge is 2.28. The Kier molecular flexibility index (Phi) is 5.45. The van der Waals surface area contributed by atoms with Crippen LogP contribution >= 0.6 is 0 Å². The summed E-state index contributed by atoms with van der Waals surface area (Å²) in [6.07, 6.45) is 7.47. The lowest BCUT2D eigenvalue weighted by Gasteiger charge is -2.25. The topological polar surface area (TPSA) is 70.6 Å². The van der Waals surface area contributed by atoms with Crippen molar-refractivity contribution < 1.29 is 5.21 Å². The van der Waals surface area contributed by atoms with Gasteiger partial charge in [0.2, 0.25) is 0 Å². The molecule has 0 radical (unpaired) electrons. The lowest BCUT2D eigenvalue weighted by Crippen LogP contribution is -2.34. The second-order valence-electron chi connectivity index (χ2n) is 6.67. The summed E-state index contributed by atoms with van der Waals surface area (Å²) in [5, 5.41) is 15.4. The molecule has 0 aliphatic heterocycles. The molecular formula is C14H29N3O. The molecular weight excluding hydrogens is 226 g/mol. The lowest BCUT2D eigenvalue weighted by atomic mass is 9.86. The molecule has 0 bridgehead atoms. The second-order valence-corrected chi connectivity index (χ2v) is 6.67. The molecule has 0 aromatic rings. The summed E-state index contributed by atoms with van der Waals surface area (Å²) in [6, 6.07) is 0. The minimum atomic E-state index is -0.215. The van der Waals surface area contributed by atoms with Crippen molar-refractivity contribution >= 4 is 5.84 Å². The summed E-state index contributed by atoms with van der Waals surface area (Å²) in [4.78, 5) is 0. The number of hydrogen-bond acceptors (Lipinski definition) is 3. The van der Waals surface area contributed by atoms with Crippen molar-refractivity contribution in [3.05, 3.63) is 0 Å². The number of nitrogens with one attached hydrogen (secondary N) is 1. The van der Waals surface area contributed by atoms with Crippen LogP contribution in [-0.2, 0) is 0 Å². The number of oxime groups is 1. The smallest absolute Gasteiger partial charge is 0.144 e. The van der Waals surface area contributed by atoms with E-state index in [0.717, 1.165) is 25.9 Å². The van der Waals surface area contributed by atoms with E-state index >= 15 is 0 Å². The van der Waals surface area contributed by atoms with Gasteiger partial charge in [0.25, 0.3) is 0 Å². The maximum absolute atomic E-state index is 8.70. The quantitative estimate of drug-likeness (QED) is 0.215. The zero-order chi connectivity index (χ0) is 13.6. The van der Waals surface area contributed by atoms with E-state index in [0.29, 0.717) is 11.3 Å². The van der Waals surface area contributed by atoms with Crippen molar-refractivity contribution in [2.45, 2.75) is 59.3 Å². The number of hydrogen-bond donors (Lipinski definition) is 3. The molecule has 4 heteroatoms. The van der Waals surface area contributed by atoms with Gasteiger partial charge in [-0.15, -0.1) is 0 Å². The van der Waals surface area contributed by atoms with E-state index in [1.54, 1.807) is 0 Å². The van der Waals surface area contributed by atoms with E-state index in [4.69, 9.17) is 10.9 Å². The van der Waals surface area contributed by atoms with E-state index in [9.17, 15) is 0 Å². The highest BCUT2D eigenvalue weighted by atomic mass is 16.4. The number of rotatable bonds is 7. The fourth-order valence-corrected chi connectivity index (χ4v) is 2.71. The van der Waals surface area contributed by atoms with E-state index in [-0.39, 0.29) is 5.41 Å². The maximum atomic E-state index is 8.70. The van der Waals surface area contributed by atoms with Crippen LogP contribution in [0.25, 0.3) is 0 Å². The zero-order valence-electron chi connectivity index (χ0n) is 12.1. The fourth-order valence-electron chi connectivity index (χ4n) is 2.71. The van der Waals surface area contributed by atoms with E-state index in [1.807, 2.05) is 13.8 Å². The van der Waals surface area contributed by atoms with Crippen LogP contribution in [0.1, 0.15) is 59.3 Å².